The van der Waals surface area contributed by atoms with E-state index >= 15 is 0 Å². The average molecular weight is 238 g/mol. The van der Waals surface area contributed by atoms with Gasteiger partial charge in [0.2, 0.25) is 0 Å². The molecule has 1 N–H and O–H groups in total. The van der Waals surface area contributed by atoms with E-state index < -0.39 is 0 Å². The Kier molecular flexibility index (Phi) is 6.21. The van der Waals surface area contributed by atoms with Gasteiger partial charge in [-0.25, -0.2) is 0 Å². The number of nitrogens with zero attached hydrogens (tertiary/aromatic N) is 1. The summed E-state index contributed by atoms with van der Waals surface area (Å²) in [6.45, 7) is 16.6. The third-order valence-electron chi connectivity index (χ3n) is 3.84. The number of likely N-dealkylation sites (N-methyl/N-ethyl adjacent to an activating group) is 1. The number of hydrogen-bond acceptors (Lipinski definition) is 2. The normalized spacial score (nSPS) is 25.2. The fourth-order valence-electron chi connectivity index (χ4n) is 3.12. The van der Waals surface area contributed by atoms with Crippen LogP contribution in [0.5, 0.6) is 0 Å². The second kappa shape index (κ2) is 7.17. The minimum absolute atomic E-state index is 0.512. The topological polar surface area (TPSA) is 15.3 Å². The van der Waals surface area contributed by atoms with E-state index in [0.29, 0.717) is 5.41 Å². The van der Waals surface area contributed by atoms with Crippen LogP contribution in [0, 0.1) is 5.41 Å². The number of hydrogen-bond donors (Lipinski definition) is 1. The molecule has 1 atom stereocenters. The van der Waals surface area contributed by atoms with Gasteiger partial charge in [-0.3, -0.25) is 4.90 Å². The lowest BCUT2D eigenvalue weighted by Crippen LogP contribution is -2.47. The molecule has 1 heterocycles. The van der Waals surface area contributed by atoms with Crippen LogP contribution in [-0.2, 0) is 0 Å². The average Bonchev–Trinajstić information content (AvgIpc) is 2.29. The summed E-state index contributed by atoms with van der Waals surface area (Å²) in [6.07, 6.45) is 5.38. The lowest BCUT2D eigenvalue weighted by atomic mass is 9.76. The minimum atomic E-state index is 0.512. The molecule has 2 heteroatoms. The van der Waals surface area contributed by atoms with Crippen LogP contribution in [0.1, 0.15) is 46.5 Å². The van der Waals surface area contributed by atoms with Gasteiger partial charge in [-0.2, -0.15) is 0 Å². The van der Waals surface area contributed by atoms with Crippen LogP contribution in [0.25, 0.3) is 0 Å². The Bertz CT molecular complexity index is 224. The molecule has 17 heavy (non-hydrogen) atoms. The lowest BCUT2D eigenvalue weighted by molar-refractivity contribution is 0.115. The van der Waals surface area contributed by atoms with E-state index in [1.807, 2.05) is 0 Å². The number of nitrogens with one attached hydrogen (secondary N) is 1. The van der Waals surface area contributed by atoms with Crippen molar-refractivity contribution in [3.8, 4) is 0 Å². The minimum Gasteiger partial charge on any atom is -0.316 e. The zero-order valence-electron chi connectivity index (χ0n) is 12.0. The second-order valence-electron chi connectivity index (χ2n) is 5.79. The molecule has 1 aliphatic rings. The SMILES string of the molecule is C=C(C)CN(CC)CC1(CCC)CCCNC1. The van der Waals surface area contributed by atoms with Crippen molar-refractivity contribution in [2.75, 3.05) is 32.7 Å². The smallest absolute Gasteiger partial charge is 0.0187 e. The first-order valence-corrected chi connectivity index (χ1v) is 7.19. The molecule has 0 aromatic carbocycles. The van der Waals surface area contributed by atoms with Gasteiger partial charge in [0.1, 0.15) is 0 Å². The molecule has 1 saturated heterocycles. The maximum atomic E-state index is 4.05. The van der Waals surface area contributed by atoms with Gasteiger partial charge in [-0.1, -0.05) is 32.4 Å². The Morgan fingerprint density at radius 2 is 2.18 bits per heavy atom. The molecule has 0 aromatic rings. The van der Waals surface area contributed by atoms with Crippen LogP contribution < -0.4 is 5.32 Å². The molecule has 0 bridgehead atoms. The Morgan fingerprint density at radius 3 is 2.65 bits per heavy atom. The maximum absolute atomic E-state index is 4.05. The molecule has 1 rings (SSSR count). The summed E-state index contributed by atoms with van der Waals surface area (Å²) in [5, 5.41) is 3.59. The van der Waals surface area contributed by atoms with Gasteiger partial charge < -0.3 is 5.32 Å². The molecule has 0 aliphatic carbocycles. The molecule has 0 spiro atoms. The predicted molar refractivity (Wildman–Crippen MR) is 76.4 cm³/mol. The van der Waals surface area contributed by atoms with Crippen LogP contribution in [-0.4, -0.2) is 37.6 Å². The fourth-order valence-corrected chi connectivity index (χ4v) is 3.12. The van der Waals surface area contributed by atoms with Crippen LogP contribution in [0.15, 0.2) is 12.2 Å². The standard InChI is InChI=1S/C15H30N2/c1-5-8-15(9-7-10-16-12-15)13-17(6-2)11-14(3)4/h16H,3,5-13H2,1-2,4H3. The highest BCUT2D eigenvalue weighted by Gasteiger charge is 2.32. The molecule has 0 saturated carbocycles. The molecule has 2 nitrogen and oxygen atoms in total. The van der Waals surface area contributed by atoms with Crippen molar-refractivity contribution in [3.05, 3.63) is 12.2 Å². The van der Waals surface area contributed by atoms with E-state index in [1.54, 1.807) is 0 Å². The summed E-state index contributed by atoms with van der Waals surface area (Å²) in [5.74, 6) is 0. The molecule has 0 radical (unpaired) electrons. The molecule has 0 aromatic heterocycles. The van der Waals surface area contributed by atoms with Crippen molar-refractivity contribution in [1.82, 2.24) is 10.2 Å². The van der Waals surface area contributed by atoms with Gasteiger partial charge in [-0.15, -0.1) is 0 Å². The molecule has 1 fully saturated rings. The van der Waals surface area contributed by atoms with E-state index in [0.717, 1.165) is 13.1 Å². The first-order valence-electron chi connectivity index (χ1n) is 7.19. The quantitative estimate of drug-likeness (QED) is 0.686. The van der Waals surface area contributed by atoms with E-state index in [2.05, 4.69) is 37.6 Å². The number of piperidine rings is 1. The monoisotopic (exact) mass is 238 g/mol. The molecule has 1 aliphatic heterocycles. The van der Waals surface area contributed by atoms with Crippen LogP contribution in [0.2, 0.25) is 0 Å². The highest BCUT2D eigenvalue weighted by atomic mass is 15.1. The van der Waals surface area contributed by atoms with Crippen molar-refractivity contribution in [3.63, 3.8) is 0 Å². The summed E-state index contributed by atoms with van der Waals surface area (Å²) in [6, 6.07) is 0. The van der Waals surface area contributed by atoms with E-state index in [-0.39, 0.29) is 0 Å². The van der Waals surface area contributed by atoms with Crippen LogP contribution >= 0.6 is 0 Å². The molecule has 1 unspecified atom stereocenters. The van der Waals surface area contributed by atoms with Gasteiger partial charge >= 0.3 is 0 Å². The molecular formula is C15H30N2. The Hall–Kier alpha value is -0.340. The zero-order valence-corrected chi connectivity index (χ0v) is 12.0. The lowest BCUT2D eigenvalue weighted by Gasteiger charge is -2.41. The summed E-state index contributed by atoms with van der Waals surface area (Å²) in [7, 11) is 0. The molecule has 100 valence electrons. The highest BCUT2D eigenvalue weighted by Crippen LogP contribution is 2.32. The second-order valence-corrected chi connectivity index (χ2v) is 5.79. The Morgan fingerprint density at radius 1 is 1.41 bits per heavy atom. The zero-order chi connectivity index (χ0) is 12.7. The Balaban J connectivity index is 2.59. The summed E-state index contributed by atoms with van der Waals surface area (Å²) < 4.78 is 0. The fraction of sp³-hybridized carbons (Fsp3) is 0.867. The first kappa shape index (κ1) is 14.7. The molecular weight excluding hydrogens is 208 g/mol. The van der Waals surface area contributed by atoms with E-state index in [1.165, 1.54) is 50.9 Å². The van der Waals surface area contributed by atoms with Crippen molar-refractivity contribution in [1.29, 1.82) is 0 Å². The maximum Gasteiger partial charge on any atom is 0.0187 e. The van der Waals surface area contributed by atoms with Crippen molar-refractivity contribution < 1.29 is 0 Å². The third-order valence-corrected chi connectivity index (χ3v) is 3.84. The van der Waals surface area contributed by atoms with Gasteiger partial charge in [0.05, 0.1) is 0 Å². The van der Waals surface area contributed by atoms with Crippen LogP contribution in [0.4, 0.5) is 0 Å². The van der Waals surface area contributed by atoms with Gasteiger partial charge in [0.25, 0.3) is 0 Å². The first-order chi connectivity index (χ1) is 8.12. The molecule has 0 amide bonds. The van der Waals surface area contributed by atoms with Crippen LogP contribution in [0.3, 0.4) is 0 Å². The number of rotatable bonds is 7. The van der Waals surface area contributed by atoms with E-state index in [4.69, 9.17) is 0 Å². The van der Waals surface area contributed by atoms with E-state index in [9.17, 15) is 0 Å². The summed E-state index contributed by atoms with van der Waals surface area (Å²) in [4.78, 5) is 2.56. The van der Waals surface area contributed by atoms with Gasteiger partial charge in [0.15, 0.2) is 0 Å². The largest absolute Gasteiger partial charge is 0.316 e. The van der Waals surface area contributed by atoms with Crippen molar-refractivity contribution in [2.45, 2.75) is 46.5 Å². The van der Waals surface area contributed by atoms with Gasteiger partial charge in [-0.05, 0) is 44.7 Å². The summed E-state index contributed by atoms with van der Waals surface area (Å²) >= 11 is 0. The van der Waals surface area contributed by atoms with Gasteiger partial charge in [0, 0.05) is 19.6 Å². The summed E-state index contributed by atoms with van der Waals surface area (Å²) in [5.41, 5.74) is 1.79. The third kappa shape index (κ3) is 4.81. The van der Waals surface area contributed by atoms with Crippen molar-refractivity contribution in [2.24, 2.45) is 5.41 Å². The van der Waals surface area contributed by atoms with Crippen molar-refractivity contribution >= 4 is 0 Å². The highest BCUT2D eigenvalue weighted by molar-refractivity contribution is 4.95. The predicted octanol–water partition coefficient (Wildman–Crippen LogP) is 3.05. The Labute approximate surface area is 107 Å².